The molecular formula is C21H25N3O2S. The molecule has 1 aliphatic carbocycles. The molecule has 0 bridgehead atoms. The molecule has 1 aliphatic rings. The number of thiophene rings is 1. The molecule has 0 saturated carbocycles. The van der Waals surface area contributed by atoms with Crippen LogP contribution in [0.5, 0.6) is 5.75 Å². The van der Waals surface area contributed by atoms with Gasteiger partial charge in [0.05, 0.1) is 5.56 Å². The molecule has 1 amide bonds. The van der Waals surface area contributed by atoms with E-state index in [2.05, 4.69) is 16.3 Å². The maximum Gasteiger partial charge on any atom is 0.226 e. The third kappa shape index (κ3) is 5.09. The van der Waals surface area contributed by atoms with Crippen LogP contribution in [0.15, 0.2) is 24.3 Å². The maximum atomic E-state index is 12.3. The van der Waals surface area contributed by atoms with Gasteiger partial charge in [-0.2, -0.15) is 5.26 Å². The normalized spacial score (nSPS) is 12.7. The molecule has 142 valence electrons. The average molecular weight is 384 g/mol. The molecule has 0 atom stereocenters. The predicted molar refractivity (Wildman–Crippen MR) is 108 cm³/mol. The fourth-order valence-corrected chi connectivity index (χ4v) is 4.48. The van der Waals surface area contributed by atoms with Crippen LogP contribution in [0.3, 0.4) is 0 Å². The summed E-state index contributed by atoms with van der Waals surface area (Å²) in [6.07, 6.45) is 3.48. The van der Waals surface area contributed by atoms with Crippen molar-refractivity contribution in [1.82, 2.24) is 4.90 Å². The minimum atomic E-state index is -0.0436. The largest absolute Gasteiger partial charge is 0.492 e. The molecule has 0 unspecified atom stereocenters. The fraction of sp³-hybridized carbons (Fsp3) is 0.429. The Morgan fingerprint density at radius 2 is 2.22 bits per heavy atom. The zero-order valence-electron chi connectivity index (χ0n) is 15.9. The number of hydrogen-bond donors (Lipinski definition) is 1. The van der Waals surface area contributed by atoms with Crippen molar-refractivity contribution in [2.45, 2.75) is 32.6 Å². The highest BCUT2D eigenvalue weighted by atomic mass is 32.1. The summed E-state index contributed by atoms with van der Waals surface area (Å²) in [5.41, 5.74) is 2.98. The van der Waals surface area contributed by atoms with Crippen molar-refractivity contribution in [3.8, 4) is 11.8 Å². The Balaban J connectivity index is 1.41. The predicted octanol–water partition coefficient (Wildman–Crippen LogP) is 3.76. The first kappa shape index (κ1) is 19.4. The van der Waals surface area contributed by atoms with E-state index in [1.54, 1.807) is 11.3 Å². The number of nitrogens with one attached hydrogen (secondary N) is 1. The van der Waals surface area contributed by atoms with Gasteiger partial charge in [0.25, 0.3) is 0 Å². The van der Waals surface area contributed by atoms with E-state index in [1.165, 1.54) is 10.4 Å². The Labute approximate surface area is 164 Å². The first-order valence-corrected chi connectivity index (χ1v) is 10.1. The molecule has 0 fully saturated rings. The Hall–Kier alpha value is -2.36. The molecule has 2 aromatic rings. The van der Waals surface area contributed by atoms with Gasteiger partial charge in [-0.05, 0) is 56.5 Å². The molecule has 0 radical (unpaired) electrons. The lowest BCUT2D eigenvalue weighted by Gasteiger charge is -2.16. The number of aryl methyl sites for hydroxylation is 2. The summed E-state index contributed by atoms with van der Waals surface area (Å²) in [5.74, 6) is 0.828. The second-order valence-corrected chi connectivity index (χ2v) is 8.04. The first-order chi connectivity index (χ1) is 13.1. The monoisotopic (exact) mass is 383 g/mol. The number of carbonyl (C=O) groups excluding carboxylic acids is 1. The van der Waals surface area contributed by atoms with Crippen molar-refractivity contribution < 1.29 is 9.53 Å². The Morgan fingerprint density at radius 1 is 1.37 bits per heavy atom. The number of amides is 1. The van der Waals surface area contributed by atoms with Gasteiger partial charge in [-0.15, -0.1) is 11.3 Å². The number of rotatable bonds is 8. The summed E-state index contributed by atoms with van der Waals surface area (Å²) in [5, 5.41) is 13.0. The minimum Gasteiger partial charge on any atom is -0.492 e. The van der Waals surface area contributed by atoms with Crippen LogP contribution in [0, 0.1) is 18.3 Å². The van der Waals surface area contributed by atoms with Crippen molar-refractivity contribution in [3.05, 3.63) is 45.8 Å². The lowest BCUT2D eigenvalue weighted by atomic mass is 10.1. The summed E-state index contributed by atoms with van der Waals surface area (Å²) in [4.78, 5) is 15.6. The second kappa shape index (κ2) is 9.03. The van der Waals surface area contributed by atoms with Crippen molar-refractivity contribution in [3.63, 3.8) is 0 Å². The van der Waals surface area contributed by atoms with Gasteiger partial charge in [-0.3, -0.25) is 4.79 Å². The number of nitriles is 1. The van der Waals surface area contributed by atoms with Gasteiger partial charge in [0, 0.05) is 24.4 Å². The fourth-order valence-electron chi connectivity index (χ4n) is 3.23. The molecule has 1 heterocycles. The standard InChI is InChI=1S/C21H25N3O2S/c1-15-5-3-6-16(13-15)26-12-11-24(2)10-9-20(25)23-21-18(14-22)17-7-4-8-19(17)27-21/h3,5-6,13H,4,7-12H2,1-2H3,(H,23,25). The highest BCUT2D eigenvalue weighted by Gasteiger charge is 2.23. The molecule has 3 rings (SSSR count). The number of carbonyl (C=O) groups is 1. The van der Waals surface area contributed by atoms with Crippen LogP contribution in [-0.2, 0) is 17.6 Å². The summed E-state index contributed by atoms with van der Waals surface area (Å²) in [7, 11) is 1.98. The van der Waals surface area contributed by atoms with E-state index >= 15 is 0 Å². The molecule has 0 aliphatic heterocycles. The van der Waals surface area contributed by atoms with E-state index in [4.69, 9.17) is 4.74 Å². The molecule has 1 aromatic carbocycles. The van der Waals surface area contributed by atoms with E-state index in [1.807, 2.05) is 38.2 Å². The van der Waals surface area contributed by atoms with Gasteiger partial charge in [0.15, 0.2) is 0 Å². The van der Waals surface area contributed by atoms with Crippen molar-refractivity contribution in [1.29, 1.82) is 5.26 Å². The molecule has 1 aromatic heterocycles. The van der Waals surface area contributed by atoms with Crippen LogP contribution in [0.25, 0.3) is 0 Å². The van der Waals surface area contributed by atoms with Gasteiger partial charge in [0.2, 0.25) is 5.91 Å². The smallest absolute Gasteiger partial charge is 0.226 e. The van der Waals surface area contributed by atoms with E-state index in [-0.39, 0.29) is 5.91 Å². The van der Waals surface area contributed by atoms with Gasteiger partial charge in [0.1, 0.15) is 23.4 Å². The SMILES string of the molecule is Cc1cccc(OCCN(C)CCC(=O)Nc2sc3c(c2C#N)CCC3)c1. The Bertz CT molecular complexity index is 854. The van der Waals surface area contributed by atoms with Crippen LogP contribution >= 0.6 is 11.3 Å². The number of benzene rings is 1. The average Bonchev–Trinajstić information content (AvgIpc) is 3.20. The van der Waals surface area contributed by atoms with Gasteiger partial charge >= 0.3 is 0 Å². The highest BCUT2D eigenvalue weighted by Crippen LogP contribution is 2.38. The quantitative estimate of drug-likeness (QED) is 0.754. The van der Waals surface area contributed by atoms with Crippen LogP contribution in [-0.4, -0.2) is 37.6 Å². The number of nitrogens with zero attached hydrogens (tertiary/aromatic N) is 2. The maximum absolute atomic E-state index is 12.3. The van der Waals surface area contributed by atoms with E-state index in [9.17, 15) is 10.1 Å². The molecule has 0 saturated heterocycles. The van der Waals surface area contributed by atoms with Crippen molar-refractivity contribution in [2.24, 2.45) is 0 Å². The Kier molecular flexibility index (Phi) is 6.49. The third-order valence-corrected chi connectivity index (χ3v) is 5.95. The summed E-state index contributed by atoms with van der Waals surface area (Å²) in [6.45, 7) is 4.02. The van der Waals surface area contributed by atoms with Crippen LogP contribution in [0.1, 0.15) is 34.4 Å². The topological polar surface area (TPSA) is 65.4 Å². The number of anilines is 1. The highest BCUT2D eigenvalue weighted by molar-refractivity contribution is 7.16. The number of ether oxygens (including phenoxy) is 1. The lowest BCUT2D eigenvalue weighted by Crippen LogP contribution is -2.28. The molecule has 27 heavy (non-hydrogen) atoms. The first-order valence-electron chi connectivity index (χ1n) is 9.29. The van der Waals surface area contributed by atoms with Gasteiger partial charge in [-0.25, -0.2) is 0 Å². The van der Waals surface area contributed by atoms with Gasteiger partial charge < -0.3 is 15.0 Å². The molecule has 6 heteroatoms. The summed E-state index contributed by atoms with van der Waals surface area (Å²) < 4.78 is 5.75. The lowest BCUT2D eigenvalue weighted by molar-refractivity contribution is -0.116. The summed E-state index contributed by atoms with van der Waals surface area (Å²) in [6, 6.07) is 10.2. The van der Waals surface area contributed by atoms with Crippen LogP contribution in [0.4, 0.5) is 5.00 Å². The molecule has 5 nitrogen and oxygen atoms in total. The minimum absolute atomic E-state index is 0.0436. The third-order valence-electron chi connectivity index (χ3n) is 4.74. The second-order valence-electron chi connectivity index (χ2n) is 6.94. The van der Waals surface area contributed by atoms with E-state index in [0.717, 1.165) is 42.1 Å². The molecule has 1 N–H and O–H groups in total. The van der Waals surface area contributed by atoms with Crippen LogP contribution in [0.2, 0.25) is 0 Å². The van der Waals surface area contributed by atoms with Crippen LogP contribution < -0.4 is 10.1 Å². The number of likely N-dealkylation sites (N-methyl/N-ethyl adjacent to an activating group) is 1. The van der Waals surface area contributed by atoms with Crippen molar-refractivity contribution in [2.75, 3.05) is 32.1 Å². The zero-order chi connectivity index (χ0) is 19.2. The Morgan fingerprint density at radius 3 is 3.00 bits per heavy atom. The summed E-state index contributed by atoms with van der Waals surface area (Å²) >= 11 is 1.56. The van der Waals surface area contributed by atoms with Crippen molar-refractivity contribution >= 4 is 22.2 Å². The molecule has 0 spiro atoms. The zero-order valence-corrected chi connectivity index (χ0v) is 16.7. The van der Waals surface area contributed by atoms with E-state index in [0.29, 0.717) is 25.1 Å². The number of hydrogen-bond acceptors (Lipinski definition) is 5. The van der Waals surface area contributed by atoms with Gasteiger partial charge in [-0.1, -0.05) is 12.1 Å². The molecular weight excluding hydrogens is 358 g/mol. The number of fused-ring (bicyclic) bond motifs is 1. The van der Waals surface area contributed by atoms with E-state index < -0.39 is 0 Å².